The van der Waals surface area contributed by atoms with E-state index in [1.165, 1.54) is 0 Å². The molecule has 1 aromatic rings. The van der Waals surface area contributed by atoms with Gasteiger partial charge in [0.15, 0.2) is 0 Å². The highest BCUT2D eigenvalue weighted by molar-refractivity contribution is 5.94. The smallest absolute Gasteiger partial charge is 0.243 e. The number of carbonyl (C=O) groups excluding carboxylic acids is 4. The summed E-state index contributed by atoms with van der Waals surface area (Å²) in [5.41, 5.74) is 0.875. The van der Waals surface area contributed by atoms with Gasteiger partial charge < -0.3 is 20.9 Å². The van der Waals surface area contributed by atoms with Crippen molar-refractivity contribution in [1.29, 1.82) is 0 Å². The van der Waals surface area contributed by atoms with Crippen LogP contribution in [0.5, 0.6) is 0 Å². The lowest BCUT2D eigenvalue weighted by molar-refractivity contribution is -0.139. The molecule has 0 saturated carbocycles. The second kappa shape index (κ2) is 14.9. The van der Waals surface area contributed by atoms with Gasteiger partial charge in [0.05, 0.1) is 0 Å². The molecule has 3 atom stereocenters. The highest BCUT2D eigenvalue weighted by Gasteiger charge is 2.36. The summed E-state index contributed by atoms with van der Waals surface area (Å²) in [5, 5.41) is 8.46. The van der Waals surface area contributed by atoms with Crippen molar-refractivity contribution in [3.8, 4) is 0 Å². The van der Waals surface area contributed by atoms with E-state index < -0.39 is 24.0 Å². The molecule has 0 unspecified atom stereocenters. The molecule has 1 heterocycles. The highest BCUT2D eigenvalue weighted by atomic mass is 16.2. The van der Waals surface area contributed by atoms with Crippen LogP contribution in [0.1, 0.15) is 51.5 Å². The zero-order valence-electron chi connectivity index (χ0n) is 21.5. The molecule has 0 radical (unpaired) electrons. The molecule has 8 nitrogen and oxygen atoms in total. The van der Waals surface area contributed by atoms with Crippen LogP contribution < -0.4 is 16.0 Å². The zero-order valence-corrected chi connectivity index (χ0v) is 21.5. The van der Waals surface area contributed by atoms with Crippen molar-refractivity contribution >= 4 is 23.6 Å². The molecule has 3 N–H and O–H groups in total. The number of allylic oxidation sites excluding steroid dienone is 1. The minimum absolute atomic E-state index is 0.0903. The SMILES string of the molecule is C=CCCC(=O)N1CCC[C@H]1C(=O)N[C@@H](Cc1ccccc1)C(=O)N[C@@H](CC(C)C)C(=O)NCC=C. The van der Waals surface area contributed by atoms with Gasteiger partial charge in [-0.25, -0.2) is 0 Å². The molecule has 4 amide bonds. The Morgan fingerprint density at radius 3 is 2.39 bits per heavy atom. The molecule has 0 spiro atoms. The van der Waals surface area contributed by atoms with E-state index in [0.29, 0.717) is 38.8 Å². The van der Waals surface area contributed by atoms with Crippen molar-refractivity contribution < 1.29 is 19.2 Å². The van der Waals surface area contributed by atoms with Gasteiger partial charge >= 0.3 is 0 Å². The van der Waals surface area contributed by atoms with Crippen LogP contribution in [0.15, 0.2) is 55.6 Å². The molecule has 1 aliphatic heterocycles. The molecule has 0 aliphatic carbocycles. The van der Waals surface area contributed by atoms with Gasteiger partial charge in [-0.15, -0.1) is 13.2 Å². The molecule has 1 saturated heterocycles. The minimum Gasteiger partial charge on any atom is -0.351 e. The van der Waals surface area contributed by atoms with Gasteiger partial charge in [0, 0.05) is 25.9 Å². The van der Waals surface area contributed by atoms with Crippen LogP contribution in [-0.2, 0) is 25.6 Å². The minimum atomic E-state index is -0.896. The third kappa shape index (κ3) is 8.98. The Morgan fingerprint density at radius 1 is 1.03 bits per heavy atom. The van der Waals surface area contributed by atoms with Gasteiger partial charge in [0.25, 0.3) is 0 Å². The number of amides is 4. The third-order valence-electron chi connectivity index (χ3n) is 6.11. The number of benzene rings is 1. The van der Waals surface area contributed by atoms with Crippen LogP contribution in [0, 0.1) is 5.92 Å². The summed E-state index contributed by atoms with van der Waals surface area (Å²) in [6.07, 6.45) is 6.11. The molecule has 2 rings (SSSR count). The highest BCUT2D eigenvalue weighted by Crippen LogP contribution is 2.19. The quantitative estimate of drug-likeness (QED) is 0.344. The average molecular weight is 497 g/mol. The van der Waals surface area contributed by atoms with Crippen LogP contribution in [-0.4, -0.2) is 59.7 Å². The number of hydrogen-bond donors (Lipinski definition) is 3. The fraction of sp³-hybridized carbons (Fsp3) is 0.500. The molecule has 8 heteroatoms. The first-order chi connectivity index (χ1) is 17.3. The fourth-order valence-corrected chi connectivity index (χ4v) is 4.31. The number of rotatable bonds is 14. The van der Waals surface area contributed by atoms with Gasteiger partial charge in [0.2, 0.25) is 23.6 Å². The van der Waals surface area contributed by atoms with Gasteiger partial charge in [0.1, 0.15) is 18.1 Å². The largest absolute Gasteiger partial charge is 0.351 e. The summed E-state index contributed by atoms with van der Waals surface area (Å²) in [5.74, 6) is -1.01. The Kier molecular flexibility index (Phi) is 11.9. The van der Waals surface area contributed by atoms with Gasteiger partial charge in [-0.05, 0) is 37.2 Å². The van der Waals surface area contributed by atoms with E-state index in [1.807, 2.05) is 44.2 Å². The molecular weight excluding hydrogens is 456 g/mol. The molecular formula is C28H40N4O4. The molecule has 1 aliphatic rings. The topological polar surface area (TPSA) is 108 Å². The average Bonchev–Trinajstić information content (AvgIpc) is 3.35. The second-order valence-electron chi connectivity index (χ2n) is 9.55. The molecule has 1 aromatic carbocycles. The maximum absolute atomic E-state index is 13.4. The monoisotopic (exact) mass is 496 g/mol. The summed E-state index contributed by atoms with van der Waals surface area (Å²) < 4.78 is 0. The first-order valence-electron chi connectivity index (χ1n) is 12.7. The predicted molar refractivity (Wildman–Crippen MR) is 141 cm³/mol. The molecule has 1 fully saturated rings. The van der Waals surface area contributed by atoms with Gasteiger partial charge in [-0.1, -0.05) is 56.3 Å². The van der Waals surface area contributed by atoms with Crippen molar-refractivity contribution in [3.05, 3.63) is 61.2 Å². The van der Waals surface area contributed by atoms with Crippen molar-refractivity contribution in [3.63, 3.8) is 0 Å². The molecule has 0 aromatic heterocycles. The Hall–Kier alpha value is -3.42. The summed E-state index contributed by atoms with van der Waals surface area (Å²) >= 11 is 0. The number of likely N-dealkylation sites (tertiary alicyclic amines) is 1. The van der Waals surface area contributed by atoms with Crippen molar-refractivity contribution in [1.82, 2.24) is 20.9 Å². The van der Waals surface area contributed by atoms with Crippen LogP contribution in [0.3, 0.4) is 0 Å². The fourth-order valence-electron chi connectivity index (χ4n) is 4.31. The van der Waals surface area contributed by atoms with Crippen LogP contribution in [0.2, 0.25) is 0 Å². The van der Waals surface area contributed by atoms with Crippen molar-refractivity contribution in [2.75, 3.05) is 13.1 Å². The lowest BCUT2D eigenvalue weighted by Crippen LogP contribution is -2.57. The zero-order chi connectivity index (χ0) is 26.5. The summed E-state index contributed by atoms with van der Waals surface area (Å²) in [7, 11) is 0. The van der Waals surface area contributed by atoms with E-state index >= 15 is 0 Å². The maximum Gasteiger partial charge on any atom is 0.243 e. The lowest BCUT2D eigenvalue weighted by atomic mass is 10.0. The maximum atomic E-state index is 13.4. The second-order valence-corrected chi connectivity index (χ2v) is 9.55. The lowest BCUT2D eigenvalue weighted by Gasteiger charge is -2.28. The van der Waals surface area contributed by atoms with E-state index in [4.69, 9.17) is 0 Å². The van der Waals surface area contributed by atoms with Crippen LogP contribution in [0.4, 0.5) is 0 Å². The number of nitrogens with one attached hydrogen (secondary N) is 3. The summed E-state index contributed by atoms with van der Waals surface area (Å²) in [6.45, 7) is 12.0. The Morgan fingerprint density at radius 2 is 1.75 bits per heavy atom. The number of carbonyl (C=O) groups is 4. The molecule has 0 bridgehead atoms. The van der Waals surface area contributed by atoms with E-state index in [1.54, 1.807) is 17.1 Å². The standard InChI is InChI=1S/C28H40N4O4/c1-5-7-15-25(33)32-17-11-14-24(32)28(36)31-23(19-21-12-9-8-10-13-21)27(35)30-22(18-20(3)4)26(34)29-16-6-2/h5-6,8-10,12-13,20,22-24H,1-2,7,11,14-19H2,3-4H3,(H,29,34)(H,30,35)(H,31,36)/t22-,23-,24-/m0/s1. The van der Waals surface area contributed by atoms with Crippen molar-refractivity contribution in [2.45, 2.75) is 70.5 Å². The van der Waals surface area contributed by atoms with E-state index in [2.05, 4.69) is 29.1 Å². The number of nitrogens with zero attached hydrogens (tertiary/aromatic N) is 1. The van der Waals surface area contributed by atoms with Crippen LogP contribution in [0.25, 0.3) is 0 Å². The third-order valence-corrected chi connectivity index (χ3v) is 6.11. The van der Waals surface area contributed by atoms with Gasteiger partial charge in [-0.2, -0.15) is 0 Å². The normalized spacial score (nSPS) is 16.6. The van der Waals surface area contributed by atoms with E-state index in [0.717, 1.165) is 12.0 Å². The first-order valence-corrected chi connectivity index (χ1v) is 12.7. The predicted octanol–water partition coefficient (Wildman–Crippen LogP) is 2.50. The van der Waals surface area contributed by atoms with E-state index in [-0.39, 0.29) is 30.1 Å². The first kappa shape index (κ1) is 28.8. The summed E-state index contributed by atoms with van der Waals surface area (Å²) in [6, 6.07) is 7.14. The summed E-state index contributed by atoms with van der Waals surface area (Å²) in [4.78, 5) is 53.6. The van der Waals surface area contributed by atoms with Gasteiger partial charge in [-0.3, -0.25) is 19.2 Å². The van der Waals surface area contributed by atoms with E-state index in [9.17, 15) is 19.2 Å². The van der Waals surface area contributed by atoms with Crippen molar-refractivity contribution in [2.24, 2.45) is 5.92 Å². The van der Waals surface area contributed by atoms with Crippen LogP contribution >= 0.6 is 0 Å². The Bertz CT molecular complexity index is 915. The Balaban J connectivity index is 2.19. The molecule has 36 heavy (non-hydrogen) atoms. The number of hydrogen-bond acceptors (Lipinski definition) is 4. The molecule has 196 valence electrons. The Labute approximate surface area is 214 Å².